The van der Waals surface area contributed by atoms with Crippen LogP contribution in [0.4, 0.5) is 16.5 Å². The second kappa shape index (κ2) is 26.2. The lowest BCUT2D eigenvalue weighted by atomic mass is 10.0. The van der Waals surface area contributed by atoms with Gasteiger partial charge in [-0.05, 0) is 82.8 Å². The SMILES string of the molecule is COc1ccccc1C(=O)CBr.NC(=S)N[C@@H](Cc1ccc([N+](=O)[O-])cc1)c1csc(-c2cccs2)n1.O=[N+]([O-])c1ccc(C[C@H](Nc2nc(-c3cccc(CO)c3)cs2)c2csc(-c3cccs3)n2)cc1. The van der Waals surface area contributed by atoms with Crippen LogP contribution >= 0.6 is 84.8 Å². The monoisotopic (exact) mass is 1140 g/mol. The van der Waals surface area contributed by atoms with E-state index in [9.17, 15) is 30.1 Å². The zero-order chi connectivity index (χ0) is 51.0. The first kappa shape index (κ1) is 53.2. The van der Waals surface area contributed by atoms with Crippen LogP contribution < -0.4 is 21.1 Å². The molecule has 0 spiro atoms. The zero-order valence-corrected chi connectivity index (χ0v) is 44.4. The van der Waals surface area contributed by atoms with Crippen LogP contribution in [0.2, 0.25) is 0 Å². The van der Waals surface area contributed by atoms with Gasteiger partial charge in [0.2, 0.25) is 0 Å². The van der Waals surface area contributed by atoms with Gasteiger partial charge in [-0.25, -0.2) is 15.0 Å². The average Bonchev–Trinajstić information content (AvgIpc) is 4.27. The Labute approximate surface area is 447 Å². The van der Waals surface area contributed by atoms with Crippen molar-refractivity contribution in [3.63, 3.8) is 0 Å². The van der Waals surface area contributed by atoms with E-state index in [-0.39, 0.29) is 41.0 Å². The first-order valence-corrected chi connectivity index (χ1v) is 27.5. The molecular weight excluding hydrogens is 1100 g/mol. The molecule has 5 N–H and O–H groups in total. The average molecular weight is 1140 g/mol. The summed E-state index contributed by atoms with van der Waals surface area (Å²) in [6, 6.07) is 35.7. The standard InChI is InChI=1S/C25H20N4O3S3.C16H14N4O2S3.C9H9BrO2/c30-13-17-3-1-4-18(11-17)21-14-35-25(28-21)27-20(12-16-6-8-19(9-7-16)29(31)32)22-15-34-24(26-22)23-5-2-10-33-23;17-16(23)19-12(8-10-3-5-11(6-4-10)20(21)22)13-9-25-15(18-13)14-2-1-7-24-14;1-12-9-5-3-2-4-7(9)8(11)6-10/h1-11,14-15,20,30H,12-13H2,(H,27,28);1-7,9,12H,8H2,(H3,17,19,23);2-5H,6H2,1H3/t20-;12-;/m00./s1. The number of thiocarbonyl (C=S) groups is 1. The molecule has 0 radical (unpaired) electrons. The van der Waals surface area contributed by atoms with Gasteiger partial charge in [0.15, 0.2) is 16.0 Å². The molecule has 0 aliphatic heterocycles. The van der Waals surface area contributed by atoms with Gasteiger partial charge in [0.1, 0.15) is 15.8 Å². The van der Waals surface area contributed by atoms with Gasteiger partial charge >= 0.3 is 0 Å². The number of para-hydroxylation sites is 1. The molecule has 4 aromatic carbocycles. The Bertz CT molecular complexity index is 3200. The number of nitro groups is 2. The first-order valence-electron chi connectivity index (χ1n) is 21.6. The molecule has 0 fully saturated rings. The number of Topliss-reactive ketones (excluding diaryl/α,β-unsaturated/α-hetero) is 1. The molecule has 368 valence electrons. The topological polar surface area (TPSA) is 222 Å². The van der Waals surface area contributed by atoms with Crippen LogP contribution in [0.3, 0.4) is 0 Å². The zero-order valence-electron chi connectivity index (χ0n) is 38.0. The van der Waals surface area contributed by atoms with Gasteiger partial charge in [-0.2, -0.15) is 0 Å². The summed E-state index contributed by atoms with van der Waals surface area (Å²) >= 11 is 16.1. The first-order chi connectivity index (χ1) is 34.9. The van der Waals surface area contributed by atoms with Gasteiger partial charge < -0.3 is 26.2 Å². The van der Waals surface area contributed by atoms with Gasteiger partial charge in [-0.3, -0.25) is 25.0 Å². The van der Waals surface area contributed by atoms with Crippen molar-refractivity contribution < 1.29 is 24.5 Å². The highest BCUT2D eigenvalue weighted by atomic mass is 79.9. The lowest BCUT2D eigenvalue weighted by Gasteiger charge is -2.17. The van der Waals surface area contributed by atoms with Gasteiger partial charge in [0.25, 0.3) is 11.4 Å². The fourth-order valence-corrected chi connectivity index (χ4v) is 11.5. The van der Waals surface area contributed by atoms with Gasteiger partial charge in [-0.15, -0.1) is 56.7 Å². The number of methoxy groups -OCH3 is 1. The van der Waals surface area contributed by atoms with Crippen LogP contribution in [0.15, 0.2) is 148 Å². The number of aromatic nitrogens is 3. The molecule has 0 saturated heterocycles. The molecule has 0 aliphatic rings. The van der Waals surface area contributed by atoms with Crippen molar-refractivity contribution in [2.24, 2.45) is 5.73 Å². The number of thiophene rings is 2. The van der Waals surface area contributed by atoms with E-state index in [2.05, 4.69) is 38.0 Å². The van der Waals surface area contributed by atoms with E-state index >= 15 is 0 Å². The minimum atomic E-state index is -0.414. The summed E-state index contributed by atoms with van der Waals surface area (Å²) in [6.07, 6.45) is 1.17. The predicted octanol–water partition coefficient (Wildman–Crippen LogP) is 13.0. The highest BCUT2D eigenvalue weighted by Gasteiger charge is 2.21. The summed E-state index contributed by atoms with van der Waals surface area (Å²) in [7, 11) is 1.56. The molecular formula is C50H43BrN8O7S6. The molecule has 0 saturated carbocycles. The molecule has 22 heteroatoms. The maximum atomic E-state index is 11.3. The smallest absolute Gasteiger partial charge is 0.269 e. The van der Waals surface area contributed by atoms with E-state index in [4.69, 9.17) is 37.6 Å². The molecule has 0 amide bonds. The minimum absolute atomic E-state index is 0.0171. The third kappa shape index (κ3) is 14.7. The number of benzene rings is 4. The number of non-ortho nitro benzene ring substituents is 2. The molecule has 5 heterocycles. The maximum Gasteiger partial charge on any atom is 0.269 e. The summed E-state index contributed by atoms with van der Waals surface area (Å²) in [5.41, 5.74) is 12.7. The Morgan fingerprint density at radius 2 is 1.29 bits per heavy atom. The van der Waals surface area contributed by atoms with Crippen molar-refractivity contribution in [2.75, 3.05) is 17.8 Å². The molecule has 5 aromatic heterocycles. The number of hydrogen-bond acceptors (Lipinski definition) is 17. The number of nitrogens with two attached hydrogens (primary N) is 1. The fourth-order valence-electron chi connectivity index (χ4n) is 6.93. The number of thiazole rings is 3. The Balaban J connectivity index is 0.000000178. The van der Waals surface area contributed by atoms with E-state index in [1.54, 1.807) is 88.9 Å². The van der Waals surface area contributed by atoms with Crippen molar-refractivity contribution in [3.05, 3.63) is 202 Å². The molecule has 0 bridgehead atoms. The third-order valence-electron chi connectivity index (χ3n) is 10.4. The van der Waals surface area contributed by atoms with E-state index in [0.29, 0.717) is 29.5 Å². The number of halogens is 1. The molecule has 9 aromatic rings. The van der Waals surface area contributed by atoms with Crippen molar-refractivity contribution in [1.29, 1.82) is 0 Å². The van der Waals surface area contributed by atoms with Crippen LogP contribution in [-0.4, -0.2) is 53.2 Å². The minimum Gasteiger partial charge on any atom is -0.496 e. The molecule has 0 unspecified atom stereocenters. The highest BCUT2D eigenvalue weighted by Crippen LogP contribution is 2.35. The van der Waals surface area contributed by atoms with Gasteiger partial charge in [-0.1, -0.05) is 82.7 Å². The van der Waals surface area contributed by atoms with Crippen LogP contribution in [0.1, 0.15) is 50.5 Å². The fraction of sp³-hybridized carbons (Fsp3) is 0.140. The Kier molecular flexibility index (Phi) is 19.3. The van der Waals surface area contributed by atoms with Crippen molar-refractivity contribution in [1.82, 2.24) is 20.3 Å². The van der Waals surface area contributed by atoms with E-state index in [1.807, 2.05) is 76.1 Å². The van der Waals surface area contributed by atoms with Crippen LogP contribution in [-0.2, 0) is 19.4 Å². The van der Waals surface area contributed by atoms with Gasteiger partial charge in [0.05, 0.1) is 73.4 Å². The Morgan fingerprint density at radius 3 is 1.81 bits per heavy atom. The third-order valence-corrected chi connectivity index (χ3v) is 15.6. The normalized spacial score (nSPS) is 11.5. The van der Waals surface area contributed by atoms with Crippen molar-refractivity contribution >= 4 is 112 Å². The summed E-state index contributed by atoms with van der Waals surface area (Å²) in [6.45, 7) is -0.0171. The molecule has 0 aliphatic carbocycles. The second-order valence-electron chi connectivity index (χ2n) is 15.3. The number of nitro benzene ring substituents is 2. The summed E-state index contributed by atoms with van der Waals surface area (Å²) in [4.78, 5) is 48.8. The largest absolute Gasteiger partial charge is 0.496 e. The number of carbonyl (C=O) groups excluding carboxylic acids is 1. The number of hydrogen-bond donors (Lipinski definition) is 4. The highest BCUT2D eigenvalue weighted by molar-refractivity contribution is 9.09. The van der Waals surface area contributed by atoms with Gasteiger partial charge in [0, 0.05) is 46.0 Å². The van der Waals surface area contributed by atoms with Crippen molar-refractivity contribution in [3.8, 4) is 36.8 Å². The molecule has 15 nitrogen and oxygen atoms in total. The Hall–Kier alpha value is -6.63. The summed E-state index contributed by atoms with van der Waals surface area (Å²) < 4.78 is 5.03. The van der Waals surface area contributed by atoms with Crippen molar-refractivity contribution in [2.45, 2.75) is 31.5 Å². The van der Waals surface area contributed by atoms with E-state index in [0.717, 1.165) is 64.2 Å². The predicted molar refractivity (Wildman–Crippen MR) is 298 cm³/mol. The number of ketones is 1. The van der Waals surface area contributed by atoms with E-state index in [1.165, 1.54) is 35.6 Å². The number of nitrogens with one attached hydrogen (secondary N) is 2. The summed E-state index contributed by atoms with van der Waals surface area (Å²) in [5.74, 6) is 0.661. The number of rotatable bonds is 18. The van der Waals surface area contributed by atoms with Crippen LogP contribution in [0.5, 0.6) is 5.75 Å². The maximum absolute atomic E-state index is 11.3. The molecule has 9 rings (SSSR count). The molecule has 72 heavy (non-hydrogen) atoms. The number of ether oxygens (including phenoxy) is 1. The number of carbonyl (C=O) groups is 1. The van der Waals surface area contributed by atoms with Crippen LogP contribution in [0.25, 0.3) is 31.0 Å². The lowest BCUT2D eigenvalue weighted by molar-refractivity contribution is -0.385. The van der Waals surface area contributed by atoms with Crippen LogP contribution in [0, 0.1) is 20.2 Å². The molecule has 2 atom stereocenters. The Morgan fingerprint density at radius 1 is 0.722 bits per heavy atom. The number of alkyl halides is 1. The number of aliphatic hydroxyl groups excluding tert-OH is 1. The summed E-state index contributed by atoms with van der Waals surface area (Å²) in [5, 5.41) is 51.1. The number of anilines is 1. The quantitative estimate of drug-likeness (QED) is 0.0206. The second-order valence-corrected chi connectivity index (χ2v) is 20.7. The lowest BCUT2D eigenvalue weighted by Crippen LogP contribution is -2.34. The number of nitrogens with zero attached hydrogens (tertiary/aromatic N) is 5. The number of aliphatic hydroxyl groups is 1. The van der Waals surface area contributed by atoms with E-state index < -0.39 is 9.85 Å².